The Morgan fingerprint density at radius 2 is 2.13 bits per heavy atom. The van der Waals surface area contributed by atoms with Gasteiger partial charge in [0.15, 0.2) is 5.78 Å². The molecule has 0 N–H and O–H groups in total. The Morgan fingerprint density at radius 3 is 2.53 bits per heavy atom. The van der Waals surface area contributed by atoms with Crippen molar-refractivity contribution in [1.29, 1.82) is 5.26 Å². The second-order valence-electron chi connectivity index (χ2n) is 3.09. The molecule has 0 fully saturated rings. The van der Waals surface area contributed by atoms with Crippen LogP contribution in [-0.2, 0) is 0 Å². The first-order valence-corrected chi connectivity index (χ1v) is 4.17. The molecule has 0 unspecified atom stereocenters. The van der Waals surface area contributed by atoms with Gasteiger partial charge in [0.1, 0.15) is 0 Å². The summed E-state index contributed by atoms with van der Waals surface area (Å²) < 4.78 is 0. The highest BCUT2D eigenvalue weighted by atomic mass is 16.6. The van der Waals surface area contributed by atoms with Crippen LogP contribution in [0.4, 0.5) is 5.69 Å². The Kier molecular flexibility index (Phi) is 2.81. The molecular weight excluding hydrogens is 196 g/mol. The van der Waals surface area contributed by atoms with Crippen LogP contribution in [-0.4, -0.2) is 10.7 Å². The van der Waals surface area contributed by atoms with Gasteiger partial charge in [-0.1, -0.05) is 0 Å². The molecule has 0 heterocycles. The van der Waals surface area contributed by atoms with E-state index >= 15 is 0 Å². The van der Waals surface area contributed by atoms with Crippen molar-refractivity contribution in [3.8, 4) is 6.07 Å². The summed E-state index contributed by atoms with van der Waals surface area (Å²) in [4.78, 5) is 21.2. The van der Waals surface area contributed by atoms with Crippen molar-refractivity contribution in [3.05, 3.63) is 38.9 Å². The van der Waals surface area contributed by atoms with Crippen molar-refractivity contribution >= 4 is 11.5 Å². The molecule has 76 valence electrons. The van der Waals surface area contributed by atoms with Gasteiger partial charge in [-0.25, -0.2) is 0 Å². The molecule has 0 aromatic heterocycles. The fraction of sp³-hybridized carbons (Fsp3) is 0.200. The monoisotopic (exact) mass is 204 g/mol. The zero-order valence-electron chi connectivity index (χ0n) is 8.27. The van der Waals surface area contributed by atoms with Gasteiger partial charge in [0.2, 0.25) is 0 Å². The molecule has 0 saturated heterocycles. The van der Waals surface area contributed by atoms with Gasteiger partial charge >= 0.3 is 0 Å². The van der Waals surface area contributed by atoms with E-state index in [0.29, 0.717) is 5.56 Å². The molecule has 0 amide bonds. The van der Waals surface area contributed by atoms with E-state index in [1.165, 1.54) is 26.0 Å². The lowest BCUT2D eigenvalue weighted by Crippen LogP contribution is -2.01. The number of nitro benzene ring substituents is 1. The number of nitro groups is 1. The number of benzene rings is 1. The van der Waals surface area contributed by atoms with Crippen LogP contribution in [0.15, 0.2) is 12.1 Å². The minimum Gasteiger partial charge on any atom is -0.294 e. The van der Waals surface area contributed by atoms with Crippen molar-refractivity contribution in [1.82, 2.24) is 0 Å². The summed E-state index contributed by atoms with van der Waals surface area (Å²) in [5.41, 5.74) is 0.448. The topological polar surface area (TPSA) is 84.0 Å². The summed E-state index contributed by atoms with van der Waals surface area (Å²) in [5, 5.41) is 19.3. The van der Waals surface area contributed by atoms with Crippen molar-refractivity contribution in [2.24, 2.45) is 0 Å². The molecule has 0 bridgehead atoms. The van der Waals surface area contributed by atoms with Gasteiger partial charge in [0.25, 0.3) is 5.69 Å². The highest BCUT2D eigenvalue weighted by Crippen LogP contribution is 2.23. The Balaban J connectivity index is 3.56. The van der Waals surface area contributed by atoms with Crippen molar-refractivity contribution in [3.63, 3.8) is 0 Å². The molecule has 0 aliphatic heterocycles. The second kappa shape index (κ2) is 3.88. The van der Waals surface area contributed by atoms with E-state index in [1.807, 2.05) is 0 Å². The normalized spacial score (nSPS) is 9.40. The van der Waals surface area contributed by atoms with Crippen LogP contribution in [0.1, 0.15) is 28.4 Å². The molecule has 5 nitrogen and oxygen atoms in total. The lowest BCUT2D eigenvalue weighted by atomic mass is 10.0. The van der Waals surface area contributed by atoms with E-state index in [0.717, 1.165) is 0 Å². The van der Waals surface area contributed by atoms with Gasteiger partial charge in [-0.2, -0.15) is 5.26 Å². The summed E-state index contributed by atoms with van der Waals surface area (Å²) in [5.74, 6) is -0.285. The predicted octanol–water partition coefficient (Wildman–Crippen LogP) is 1.98. The summed E-state index contributed by atoms with van der Waals surface area (Å²) in [6.45, 7) is 2.81. The van der Waals surface area contributed by atoms with Gasteiger partial charge in [-0.05, 0) is 19.9 Å². The van der Waals surface area contributed by atoms with Crippen LogP contribution in [0.5, 0.6) is 0 Å². The first-order chi connectivity index (χ1) is 6.97. The number of carbonyl (C=O) groups excluding carboxylic acids is 1. The van der Waals surface area contributed by atoms with Crippen LogP contribution in [0, 0.1) is 28.4 Å². The standard InChI is InChI=1S/C10H8N2O3/c1-6-9(7(2)13)3-8(5-11)4-10(6)12(14)15/h3-4H,1-2H3. The van der Waals surface area contributed by atoms with Crippen LogP contribution in [0.3, 0.4) is 0 Å². The van der Waals surface area contributed by atoms with Gasteiger partial charge in [0.05, 0.1) is 16.6 Å². The molecule has 0 aliphatic rings. The second-order valence-corrected chi connectivity index (χ2v) is 3.09. The van der Waals surface area contributed by atoms with Gasteiger partial charge < -0.3 is 0 Å². The number of Topliss-reactive ketones (excluding diaryl/α,β-unsaturated/α-hetero) is 1. The molecule has 0 atom stereocenters. The third-order valence-electron chi connectivity index (χ3n) is 2.09. The molecule has 1 aromatic carbocycles. The smallest absolute Gasteiger partial charge is 0.274 e. The lowest BCUT2D eigenvalue weighted by Gasteiger charge is -2.03. The SMILES string of the molecule is CC(=O)c1cc(C#N)cc([N+](=O)[O-])c1C. The molecule has 1 rings (SSSR count). The highest BCUT2D eigenvalue weighted by Gasteiger charge is 2.18. The third kappa shape index (κ3) is 1.99. The molecule has 0 saturated carbocycles. The Hall–Kier alpha value is -2.22. The van der Waals surface area contributed by atoms with Gasteiger partial charge in [0, 0.05) is 17.2 Å². The molecule has 1 aromatic rings. The molecule has 0 spiro atoms. The van der Waals surface area contributed by atoms with Gasteiger partial charge in [-0.15, -0.1) is 0 Å². The number of hydrogen-bond acceptors (Lipinski definition) is 4. The van der Waals surface area contributed by atoms with Crippen molar-refractivity contribution in [2.45, 2.75) is 13.8 Å². The fourth-order valence-corrected chi connectivity index (χ4v) is 1.32. The zero-order chi connectivity index (χ0) is 11.6. The largest absolute Gasteiger partial charge is 0.294 e. The van der Waals surface area contributed by atoms with E-state index in [2.05, 4.69) is 0 Å². The maximum Gasteiger partial charge on any atom is 0.274 e. The third-order valence-corrected chi connectivity index (χ3v) is 2.09. The maximum atomic E-state index is 11.2. The van der Waals surface area contributed by atoms with Crippen molar-refractivity contribution < 1.29 is 9.72 Å². The predicted molar refractivity (Wildman–Crippen MR) is 52.6 cm³/mol. The number of nitrogens with zero attached hydrogens (tertiary/aromatic N) is 2. The average molecular weight is 204 g/mol. The maximum absolute atomic E-state index is 11.2. The molecule has 15 heavy (non-hydrogen) atoms. The molecule has 0 aliphatic carbocycles. The Morgan fingerprint density at radius 1 is 1.53 bits per heavy atom. The number of hydrogen-bond donors (Lipinski definition) is 0. The van der Waals surface area contributed by atoms with Gasteiger partial charge in [-0.3, -0.25) is 14.9 Å². The summed E-state index contributed by atoms with van der Waals surface area (Å²) in [6, 6.07) is 4.32. The number of ketones is 1. The van der Waals surface area contributed by atoms with Crippen LogP contribution >= 0.6 is 0 Å². The Labute approximate surface area is 86.1 Å². The molecule has 0 radical (unpaired) electrons. The number of carbonyl (C=O) groups is 1. The number of nitriles is 1. The number of rotatable bonds is 2. The minimum absolute atomic E-state index is 0.123. The first-order valence-electron chi connectivity index (χ1n) is 4.17. The van der Waals surface area contributed by atoms with E-state index in [1.54, 1.807) is 6.07 Å². The van der Waals surface area contributed by atoms with Crippen LogP contribution in [0.25, 0.3) is 0 Å². The Bertz CT molecular complexity index is 451. The van der Waals surface area contributed by atoms with Crippen LogP contribution in [0.2, 0.25) is 0 Å². The van der Waals surface area contributed by atoms with E-state index in [4.69, 9.17) is 5.26 Å². The molecule has 5 heteroatoms. The quantitative estimate of drug-likeness (QED) is 0.418. The van der Waals surface area contributed by atoms with Crippen LogP contribution < -0.4 is 0 Å². The summed E-state index contributed by atoms with van der Waals surface area (Å²) in [7, 11) is 0. The van der Waals surface area contributed by atoms with Crippen molar-refractivity contribution in [2.75, 3.05) is 0 Å². The highest BCUT2D eigenvalue weighted by molar-refractivity contribution is 5.96. The zero-order valence-corrected chi connectivity index (χ0v) is 8.27. The van der Waals surface area contributed by atoms with E-state index in [9.17, 15) is 14.9 Å². The molecular formula is C10H8N2O3. The van der Waals surface area contributed by atoms with E-state index in [-0.39, 0.29) is 22.6 Å². The first kappa shape index (κ1) is 10.9. The summed E-state index contributed by atoms with van der Waals surface area (Å²) in [6.07, 6.45) is 0. The fourth-order valence-electron chi connectivity index (χ4n) is 1.32. The van der Waals surface area contributed by atoms with E-state index < -0.39 is 4.92 Å². The summed E-state index contributed by atoms with van der Waals surface area (Å²) >= 11 is 0. The minimum atomic E-state index is -0.595. The average Bonchev–Trinajstić information content (AvgIpc) is 2.17. The lowest BCUT2D eigenvalue weighted by molar-refractivity contribution is -0.385.